The lowest BCUT2D eigenvalue weighted by atomic mass is 10.2. The molecule has 0 unspecified atom stereocenters. The number of halogens is 3. The van der Waals surface area contributed by atoms with Crippen molar-refractivity contribution in [1.82, 2.24) is 5.32 Å². The van der Waals surface area contributed by atoms with Crippen LogP contribution in [0.4, 0.5) is 5.69 Å². The van der Waals surface area contributed by atoms with E-state index in [1.807, 2.05) is 0 Å². The van der Waals surface area contributed by atoms with Crippen molar-refractivity contribution in [2.24, 2.45) is 5.73 Å². The van der Waals surface area contributed by atoms with Crippen molar-refractivity contribution in [1.29, 1.82) is 0 Å². The fourth-order valence-corrected chi connectivity index (χ4v) is 4.28. The van der Waals surface area contributed by atoms with Crippen LogP contribution in [0.1, 0.15) is 10.4 Å². The monoisotopic (exact) mass is 515 g/mol. The normalized spacial score (nSPS) is 10.7. The standard InChI is InChI=1S/C21H19Cl2N3O4S.ClH/c22-16-8-11-20(19(23)14-16)30-26(17-4-2-1-3-5-17)31(28,29)18-9-6-15(7-10-18)21(27)25-13-12-24;/h1-11,14H,12-13,24H2,(H,25,27);1H. The molecule has 3 aromatic rings. The molecule has 1 amide bonds. The molecule has 0 fully saturated rings. The van der Waals surface area contributed by atoms with Crippen molar-refractivity contribution in [2.75, 3.05) is 17.6 Å². The van der Waals surface area contributed by atoms with Gasteiger partial charge in [-0.3, -0.25) is 4.79 Å². The van der Waals surface area contributed by atoms with Gasteiger partial charge in [0.15, 0.2) is 5.75 Å². The van der Waals surface area contributed by atoms with E-state index in [1.165, 1.54) is 42.5 Å². The van der Waals surface area contributed by atoms with Crippen LogP contribution >= 0.6 is 35.6 Å². The summed E-state index contributed by atoms with van der Waals surface area (Å²) in [5.74, 6) is -0.241. The largest absolute Gasteiger partial charge is 0.363 e. The van der Waals surface area contributed by atoms with Gasteiger partial charge in [-0.1, -0.05) is 45.9 Å². The van der Waals surface area contributed by atoms with E-state index >= 15 is 0 Å². The minimum atomic E-state index is -4.17. The Balaban J connectivity index is 0.00000363. The number of hydrogen-bond acceptors (Lipinski definition) is 5. The number of nitrogens with zero attached hydrogens (tertiary/aromatic N) is 1. The Morgan fingerprint density at radius 1 is 1.00 bits per heavy atom. The highest BCUT2D eigenvalue weighted by Crippen LogP contribution is 2.32. The van der Waals surface area contributed by atoms with Crippen LogP contribution in [0.3, 0.4) is 0 Å². The number of para-hydroxylation sites is 1. The van der Waals surface area contributed by atoms with Gasteiger partial charge in [-0.15, -0.1) is 12.4 Å². The summed E-state index contributed by atoms with van der Waals surface area (Å²) >= 11 is 12.1. The third kappa shape index (κ3) is 6.05. The quantitative estimate of drug-likeness (QED) is 0.435. The number of carbonyl (C=O) groups is 1. The second kappa shape index (κ2) is 11.4. The summed E-state index contributed by atoms with van der Waals surface area (Å²) < 4.78 is 27.5. The number of nitrogens with two attached hydrogens (primary N) is 1. The van der Waals surface area contributed by atoms with Crippen LogP contribution in [0.25, 0.3) is 0 Å². The van der Waals surface area contributed by atoms with Crippen molar-refractivity contribution in [3.05, 3.63) is 88.4 Å². The predicted molar refractivity (Wildman–Crippen MR) is 128 cm³/mol. The Morgan fingerprint density at radius 2 is 1.66 bits per heavy atom. The molecule has 0 heterocycles. The number of hydrogen-bond donors (Lipinski definition) is 2. The molecule has 32 heavy (non-hydrogen) atoms. The maximum absolute atomic E-state index is 13.4. The summed E-state index contributed by atoms with van der Waals surface area (Å²) in [6.45, 7) is 0.616. The highest BCUT2D eigenvalue weighted by Gasteiger charge is 2.28. The number of carbonyl (C=O) groups excluding carboxylic acids is 1. The molecule has 0 saturated heterocycles. The first-order valence-electron chi connectivity index (χ1n) is 9.14. The lowest BCUT2D eigenvalue weighted by molar-refractivity contribution is 0.0954. The zero-order chi connectivity index (χ0) is 22.4. The molecule has 11 heteroatoms. The molecule has 0 spiro atoms. The van der Waals surface area contributed by atoms with Crippen LogP contribution in [0.15, 0.2) is 77.7 Å². The molecular formula is C21H20Cl3N3O4S. The summed E-state index contributed by atoms with van der Waals surface area (Å²) in [6.07, 6.45) is 0. The van der Waals surface area contributed by atoms with Gasteiger partial charge >= 0.3 is 0 Å². The van der Waals surface area contributed by atoms with E-state index in [2.05, 4.69) is 5.32 Å². The van der Waals surface area contributed by atoms with E-state index in [0.717, 1.165) is 4.47 Å². The average Bonchev–Trinajstić information content (AvgIpc) is 2.77. The number of nitrogens with one attached hydrogen (secondary N) is 1. The number of anilines is 1. The fraction of sp³-hybridized carbons (Fsp3) is 0.0952. The van der Waals surface area contributed by atoms with Gasteiger partial charge in [0, 0.05) is 23.7 Å². The first kappa shape index (κ1) is 25.8. The number of benzene rings is 3. The van der Waals surface area contributed by atoms with Gasteiger partial charge in [-0.25, -0.2) is 0 Å². The SMILES string of the molecule is Cl.NCCNC(=O)c1ccc(S(=O)(=O)N(Oc2ccc(Cl)cc2Cl)c2ccccc2)cc1. The molecule has 0 atom stereocenters. The molecule has 0 aliphatic heterocycles. The van der Waals surface area contributed by atoms with Crippen LogP contribution in [-0.4, -0.2) is 27.4 Å². The summed E-state index contributed by atoms with van der Waals surface area (Å²) in [4.78, 5) is 17.7. The van der Waals surface area contributed by atoms with E-state index in [-0.39, 0.29) is 39.7 Å². The molecular weight excluding hydrogens is 497 g/mol. The lowest BCUT2D eigenvalue weighted by Gasteiger charge is -2.24. The minimum absolute atomic E-state index is 0. The molecule has 0 saturated carbocycles. The van der Waals surface area contributed by atoms with Gasteiger partial charge < -0.3 is 15.9 Å². The molecule has 3 aromatic carbocycles. The lowest BCUT2D eigenvalue weighted by Crippen LogP contribution is -2.34. The van der Waals surface area contributed by atoms with Crippen molar-refractivity contribution in [3.63, 3.8) is 0 Å². The smallest absolute Gasteiger partial charge is 0.295 e. The highest BCUT2D eigenvalue weighted by atomic mass is 35.5. The summed E-state index contributed by atoms with van der Waals surface area (Å²) in [5.41, 5.74) is 5.94. The Bertz CT molecular complexity index is 1160. The van der Waals surface area contributed by atoms with Gasteiger partial charge in [0.1, 0.15) is 0 Å². The molecule has 0 aromatic heterocycles. The van der Waals surface area contributed by atoms with Crippen molar-refractivity contribution < 1.29 is 18.0 Å². The van der Waals surface area contributed by atoms with E-state index in [1.54, 1.807) is 30.3 Å². The molecule has 7 nitrogen and oxygen atoms in total. The topological polar surface area (TPSA) is 102 Å². The molecule has 0 bridgehead atoms. The molecule has 3 N–H and O–H groups in total. The zero-order valence-electron chi connectivity index (χ0n) is 16.6. The van der Waals surface area contributed by atoms with E-state index < -0.39 is 10.0 Å². The zero-order valence-corrected chi connectivity index (χ0v) is 19.7. The predicted octanol–water partition coefficient (Wildman–Crippen LogP) is 4.29. The molecule has 170 valence electrons. The molecule has 0 aliphatic carbocycles. The van der Waals surface area contributed by atoms with Crippen LogP contribution in [-0.2, 0) is 10.0 Å². The average molecular weight is 517 g/mol. The van der Waals surface area contributed by atoms with Gasteiger partial charge in [0.25, 0.3) is 15.9 Å². The van der Waals surface area contributed by atoms with Crippen molar-refractivity contribution in [3.8, 4) is 5.75 Å². The summed E-state index contributed by atoms with van der Waals surface area (Å²) in [5, 5.41) is 3.16. The van der Waals surface area contributed by atoms with Crippen LogP contribution in [0.2, 0.25) is 10.0 Å². The van der Waals surface area contributed by atoms with Crippen LogP contribution < -0.4 is 20.4 Å². The number of sulfonamides is 1. The molecule has 0 aliphatic rings. The Morgan fingerprint density at radius 3 is 2.25 bits per heavy atom. The highest BCUT2D eigenvalue weighted by molar-refractivity contribution is 7.92. The second-order valence-corrected chi connectivity index (χ2v) is 8.90. The van der Waals surface area contributed by atoms with Gasteiger partial charge in [-0.2, -0.15) is 8.42 Å². The minimum Gasteiger partial charge on any atom is -0.363 e. The number of amides is 1. The van der Waals surface area contributed by atoms with E-state index in [0.29, 0.717) is 23.7 Å². The van der Waals surface area contributed by atoms with Crippen molar-refractivity contribution in [2.45, 2.75) is 4.90 Å². The maximum atomic E-state index is 13.4. The molecule has 0 radical (unpaired) electrons. The first-order valence-corrected chi connectivity index (χ1v) is 11.3. The maximum Gasteiger partial charge on any atom is 0.295 e. The fourth-order valence-electron chi connectivity index (χ4n) is 2.59. The summed E-state index contributed by atoms with van der Waals surface area (Å²) in [7, 11) is -4.17. The third-order valence-electron chi connectivity index (χ3n) is 4.10. The number of rotatable bonds is 8. The Kier molecular flexibility index (Phi) is 9.18. The van der Waals surface area contributed by atoms with Crippen LogP contribution in [0.5, 0.6) is 5.75 Å². The second-order valence-electron chi connectivity index (χ2n) is 6.30. The van der Waals surface area contributed by atoms with E-state index in [4.69, 9.17) is 33.8 Å². The van der Waals surface area contributed by atoms with Crippen LogP contribution in [0, 0.1) is 0 Å². The Hall–Kier alpha value is -2.49. The van der Waals surface area contributed by atoms with Gasteiger partial charge in [0.05, 0.1) is 15.6 Å². The molecule has 3 rings (SSSR count). The third-order valence-corrected chi connectivity index (χ3v) is 6.23. The van der Waals surface area contributed by atoms with Gasteiger partial charge in [0.2, 0.25) is 0 Å². The first-order chi connectivity index (χ1) is 14.8. The van der Waals surface area contributed by atoms with Gasteiger partial charge in [-0.05, 0) is 54.6 Å². The van der Waals surface area contributed by atoms with E-state index in [9.17, 15) is 13.2 Å². The Labute approximate surface area is 202 Å². The summed E-state index contributed by atoms with van der Waals surface area (Å²) in [6, 6.07) is 18.2. The van der Waals surface area contributed by atoms with Crippen molar-refractivity contribution >= 4 is 57.2 Å².